The highest BCUT2D eigenvalue weighted by Gasteiger charge is 2.21. The van der Waals surface area contributed by atoms with Gasteiger partial charge in [0.2, 0.25) is 0 Å². The number of aromatic hydroxyl groups is 2. The fourth-order valence-electron chi connectivity index (χ4n) is 3.05. The first-order chi connectivity index (χ1) is 11.5. The highest BCUT2D eigenvalue weighted by molar-refractivity contribution is 7.95. The van der Waals surface area contributed by atoms with Crippen molar-refractivity contribution in [2.45, 2.75) is 43.9 Å². The zero-order chi connectivity index (χ0) is 17.1. The van der Waals surface area contributed by atoms with Crippen LogP contribution in [-0.2, 0) is 0 Å². The number of hydrogen-bond acceptors (Lipinski definition) is 4. The molecule has 1 atom stereocenters. The van der Waals surface area contributed by atoms with Crippen molar-refractivity contribution in [1.82, 2.24) is 0 Å². The second-order valence-electron chi connectivity index (χ2n) is 6.37. The van der Waals surface area contributed by atoms with Crippen LogP contribution in [0.15, 0.2) is 52.9 Å². The van der Waals surface area contributed by atoms with Crippen molar-refractivity contribution in [1.29, 1.82) is 0 Å². The fourth-order valence-corrected chi connectivity index (χ4v) is 3.59. The van der Waals surface area contributed by atoms with Gasteiger partial charge in [0, 0.05) is 28.5 Å². The smallest absolute Gasteiger partial charge is 0.145 e. The summed E-state index contributed by atoms with van der Waals surface area (Å²) in [6, 6.07) is 11.1. The molecule has 4 heteroatoms. The van der Waals surface area contributed by atoms with Crippen LogP contribution in [-0.4, -0.2) is 10.2 Å². The molecule has 0 aliphatic heterocycles. The van der Waals surface area contributed by atoms with Crippen LogP contribution in [0.2, 0.25) is 0 Å². The lowest BCUT2D eigenvalue weighted by Crippen LogP contribution is -2.03. The Balaban J connectivity index is 1.77. The number of hydrogen-bond donors (Lipinski definition) is 2. The van der Waals surface area contributed by atoms with Crippen LogP contribution in [0.4, 0.5) is 0 Å². The second kappa shape index (κ2) is 7.22. The highest BCUT2D eigenvalue weighted by Crippen LogP contribution is 2.43. The molecule has 1 unspecified atom stereocenters. The first-order valence-corrected chi connectivity index (χ1v) is 8.91. The van der Waals surface area contributed by atoms with Crippen LogP contribution in [0.25, 0.3) is 0 Å². The molecule has 0 fully saturated rings. The maximum absolute atomic E-state index is 10.4. The van der Waals surface area contributed by atoms with E-state index in [1.54, 1.807) is 12.1 Å². The van der Waals surface area contributed by atoms with Crippen LogP contribution in [0.3, 0.4) is 0 Å². The predicted octanol–water partition coefficient (Wildman–Crippen LogP) is 5.71. The average Bonchev–Trinajstić information content (AvgIpc) is 2.54. The normalized spacial score (nSPS) is 17.4. The van der Waals surface area contributed by atoms with E-state index >= 15 is 0 Å². The number of phenols is 2. The quantitative estimate of drug-likeness (QED) is 0.552. The van der Waals surface area contributed by atoms with Gasteiger partial charge < -0.3 is 14.4 Å². The molecule has 0 saturated carbocycles. The molecule has 24 heavy (non-hydrogen) atoms. The van der Waals surface area contributed by atoms with Crippen LogP contribution in [0.1, 0.15) is 43.2 Å². The molecule has 0 saturated heterocycles. The summed E-state index contributed by atoms with van der Waals surface area (Å²) < 4.78 is 5.64. The van der Waals surface area contributed by atoms with Gasteiger partial charge in [0.1, 0.15) is 17.2 Å². The first kappa shape index (κ1) is 16.8. The summed E-state index contributed by atoms with van der Waals surface area (Å²) in [5, 5.41) is 20.7. The third-order valence-corrected chi connectivity index (χ3v) is 5.05. The molecule has 2 aromatic carbocycles. The minimum absolute atomic E-state index is 0.0672. The Morgan fingerprint density at radius 2 is 1.71 bits per heavy atom. The van der Waals surface area contributed by atoms with E-state index in [9.17, 15) is 10.2 Å². The summed E-state index contributed by atoms with van der Waals surface area (Å²) in [5.74, 6) is 0.685. The molecule has 2 N–H and O–H groups in total. The third-order valence-electron chi connectivity index (χ3n) is 4.31. The van der Waals surface area contributed by atoms with E-state index < -0.39 is 0 Å². The second-order valence-corrected chi connectivity index (χ2v) is 7.17. The van der Waals surface area contributed by atoms with E-state index in [-0.39, 0.29) is 17.4 Å². The Labute approximate surface area is 147 Å². The van der Waals surface area contributed by atoms with Crippen molar-refractivity contribution in [2.75, 3.05) is 0 Å². The van der Waals surface area contributed by atoms with E-state index in [1.807, 2.05) is 31.2 Å². The number of benzene rings is 2. The molecule has 0 spiro atoms. The molecule has 0 heterocycles. The first-order valence-electron chi connectivity index (χ1n) is 8.17. The van der Waals surface area contributed by atoms with Crippen LogP contribution < -0.4 is 4.18 Å². The maximum atomic E-state index is 10.4. The molecule has 0 radical (unpaired) electrons. The minimum atomic E-state index is 0.0672. The highest BCUT2D eigenvalue weighted by atomic mass is 32.2. The van der Waals surface area contributed by atoms with Crippen molar-refractivity contribution in [3.63, 3.8) is 0 Å². The van der Waals surface area contributed by atoms with E-state index in [1.165, 1.54) is 23.2 Å². The lowest BCUT2D eigenvalue weighted by atomic mass is 9.85. The summed E-state index contributed by atoms with van der Waals surface area (Å²) in [5.41, 5.74) is 3.09. The Bertz CT molecular complexity index is 727. The number of allylic oxidation sites excluding steroid dienone is 2. The molecule has 3 rings (SSSR count). The minimum Gasteiger partial charge on any atom is -0.507 e. The molecule has 2 aromatic rings. The van der Waals surface area contributed by atoms with E-state index in [0.717, 1.165) is 24.2 Å². The standard InChI is InChI=1S/C20H22O3S/c1-13-6-8-17(9-7-13)24-23-16-11-18(21)20(19(22)12-16)15-5-3-4-14(2)10-15/h6-12,15,21-22H,3-5H2,1-2H3. The molecule has 126 valence electrons. The summed E-state index contributed by atoms with van der Waals surface area (Å²) in [7, 11) is 0. The van der Waals surface area contributed by atoms with Crippen molar-refractivity contribution in [2.24, 2.45) is 0 Å². The van der Waals surface area contributed by atoms with Crippen LogP contribution in [0.5, 0.6) is 17.2 Å². The molecular formula is C20H22O3S. The number of rotatable bonds is 4. The van der Waals surface area contributed by atoms with Crippen molar-refractivity contribution in [3.8, 4) is 17.2 Å². The third kappa shape index (κ3) is 3.88. The molecule has 0 aromatic heterocycles. The fraction of sp³-hybridized carbons (Fsp3) is 0.300. The summed E-state index contributed by atoms with van der Waals surface area (Å²) in [6.07, 6.45) is 5.25. The Morgan fingerprint density at radius 3 is 2.33 bits per heavy atom. The molecular weight excluding hydrogens is 320 g/mol. The van der Waals surface area contributed by atoms with Gasteiger partial charge in [-0.25, -0.2) is 0 Å². The van der Waals surface area contributed by atoms with E-state index in [2.05, 4.69) is 13.0 Å². The van der Waals surface area contributed by atoms with Gasteiger partial charge in [-0.15, -0.1) is 0 Å². The Kier molecular flexibility index (Phi) is 5.05. The molecule has 1 aliphatic carbocycles. The average molecular weight is 342 g/mol. The van der Waals surface area contributed by atoms with Crippen molar-refractivity contribution >= 4 is 12.0 Å². The lowest BCUT2D eigenvalue weighted by molar-refractivity contribution is 0.425. The lowest BCUT2D eigenvalue weighted by Gasteiger charge is -2.22. The van der Waals surface area contributed by atoms with Gasteiger partial charge in [0.25, 0.3) is 0 Å². The summed E-state index contributed by atoms with van der Waals surface area (Å²) in [6.45, 7) is 4.13. The predicted molar refractivity (Wildman–Crippen MR) is 97.8 cm³/mol. The van der Waals surface area contributed by atoms with Gasteiger partial charge in [0.15, 0.2) is 0 Å². The van der Waals surface area contributed by atoms with Crippen molar-refractivity contribution < 1.29 is 14.4 Å². The van der Waals surface area contributed by atoms with Gasteiger partial charge in [-0.3, -0.25) is 0 Å². The van der Waals surface area contributed by atoms with Gasteiger partial charge in [-0.05, 0) is 45.2 Å². The topological polar surface area (TPSA) is 49.7 Å². The van der Waals surface area contributed by atoms with Gasteiger partial charge >= 0.3 is 0 Å². The summed E-state index contributed by atoms with van der Waals surface area (Å²) in [4.78, 5) is 0.967. The molecule has 0 bridgehead atoms. The van der Waals surface area contributed by atoms with Gasteiger partial charge in [-0.2, -0.15) is 0 Å². The Morgan fingerprint density at radius 1 is 1.04 bits per heavy atom. The van der Waals surface area contributed by atoms with Gasteiger partial charge in [-0.1, -0.05) is 29.3 Å². The van der Waals surface area contributed by atoms with Gasteiger partial charge in [0.05, 0.1) is 12.0 Å². The SMILES string of the molecule is CC1=CC(c2c(O)cc(OSc3ccc(C)cc3)cc2O)CCC1. The Hall–Kier alpha value is -2.07. The maximum Gasteiger partial charge on any atom is 0.145 e. The molecule has 0 amide bonds. The van der Waals surface area contributed by atoms with Crippen molar-refractivity contribution in [3.05, 3.63) is 59.2 Å². The molecule has 1 aliphatic rings. The van der Waals surface area contributed by atoms with Crippen LogP contribution in [0, 0.1) is 6.92 Å². The largest absolute Gasteiger partial charge is 0.507 e. The zero-order valence-electron chi connectivity index (χ0n) is 14.0. The van der Waals surface area contributed by atoms with Crippen LogP contribution >= 0.6 is 12.0 Å². The number of phenolic OH excluding ortho intramolecular Hbond substituents is 2. The van der Waals surface area contributed by atoms with E-state index in [4.69, 9.17) is 4.18 Å². The zero-order valence-corrected chi connectivity index (χ0v) is 14.8. The monoisotopic (exact) mass is 342 g/mol. The van der Waals surface area contributed by atoms with E-state index in [0.29, 0.717) is 11.3 Å². The number of aryl methyl sites for hydroxylation is 1. The molecule has 3 nitrogen and oxygen atoms in total. The summed E-state index contributed by atoms with van der Waals surface area (Å²) >= 11 is 1.21.